The Morgan fingerprint density at radius 1 is 1.00 bits per heavy atom. The summed E-state index contributed by atoms with van der Waals surface area (Å²) in [6.07, 6.45) is 4.95. The molecule has 0 spiro atoms. The van der Waals surface area contributed by atoms with E-state index in [1.165, 1.54) is 6.08 Å². The molecule has 0 saturated heterocycles. The average molecular weight is 521 g/mol. The van der Waals surface area contributed by atoms with Gasteiger partial charge in [0.05, 0.1) is 10.0 Å². The van der Waals surface area contributed by atoms with Crippen molar-refractivity contribution in [2.24, 2.45) is 0 Å². The molecule has 5 nitrogen and oxygen atoms in total. The lowest BCUT2D eigenvalue weighted by atomic mass is 10.1. The van der Waals surface area contributed by atoms with Crippen molar-refractivity contribution in [1.82, 2.24) is 0 Å². The highest BCUT2D eigenvalue weighted by Crippen LogP contribution is 2.37. The van der Waals surface area contributed by atoms with Gasteiger partial charge in [-0.2, -0.15) is 0 Å². The third-order valence-electron chi connectivity index (χ3n) is 4.67. The third-order valence-corrected chi connectivity index (χ3v) is 5.95. The molecule has 1 heterocycles. The first kappa shape index (κ1) is 26.2. The molecule has 0 N–H and O–H groups in total. The zero-order valence-corrected chi connectivity index (χ0v) is 22.2. The number of ether oxygens (including phenoxy) is 2. The monoisotopic (exact) mass is 520 g/mol. The predicted molar refractivity (Wildman–Crippen MR) is 138 cm³/mol. The summed E-state index contributed by atoms with van der Waals surface area (Å²) in [7, 11) is 0. The van der Waals surface area contributed by atoms with Crippen molar-refractivity contribution in [1.29, 1.82) is 0 Å². The Morgan fingerprint density at radius 3 is 2.24 bits per heavy atom. The highest BCUT2D eigenvalue weighted by molar-refractivity contribution is 7.98. The fourth-order valence-corrected chi connectivity index (χ4v) is 4.00. The van der Waals surface area contributed by atoms with Crippen LogP contribution in [-0.2, 0) is 9.53 Å². The molecule has 0 amide bonds. The van der Waals surface area contributed by atoms with Crippen molar-refractivity contribution in [2.45, 2.75) is 50.7 Å². The zero-order chi connectivity index (χ0) is 25.3. The third kappa shape index (κ3) is 6.38. The lowest BCUT2D eigenvalue weighted by molar-refractivity contribution is -0.170. The zero-order valence-electron chi connectivity index (χ0n) is 19.8. The maximum absolute atomic E-state index is 12.6. The summed E-state index contributed by atoms with van der Waals surface area (Å²) in [4.78, 5) is 26.2. The second-order valence-electron chi connectivity index (χ2n) is 9.14. The lowest BCUT2D eigenvalue weighted by Crippen LogP contribution is -2.43. The molecular weight excluding hydrogens is 495 g/mol. The van der Waals surface area contributed by atoms with Crippen LogP contribution in [0, 0.1) is 0 Å². The molecular formula is C26H26Cl2O5S. The van der Waals surface area contributed by atoms with E-state index in [4.69, 9.17) is 37.1 Å². The number of carbonyl (C=O) groups excluding carboxylic acids is 2. The van der Waals surface area contributed by atoms with Crippen LogP contribution in [-0.4, -0.2) is 29.2 Å². The minimum atomic E-state index is -1.31. The van der Waals surface area contributed by atoms with Crippen LogP contribution in [0.5, 0.6) is 5.75 Å². The molecule has 0 fully saturated rings. The molecule has 1 aromatic heterocycles. The number of ketones is 1. The van der Waals surface area contributed by atoms with Crippen molar-refractivity contribution >= 4 is 63.8 Å². The van der Waals surface area contributed by atoms with Crippen molar-refractivity contribution in [2.75, 3.05) is 6.26 Å². The van der Waals surface area contributed by atoms with Gasteiger partial charge in [0.25, 0.3) is 0 Å². The van der Waals surface area contributed by atoms with Crippen LogP contribution in [0.1, 0.15) is 50.7 Å². The Hall–Kier alpha value is -2.41. The van der Waals surface area contributed by atoms with Crippen molar-refractivity contribution in [3.63, 3.8) is 0 Å². The number of benzene rings is 2. The van der Waals surface area contributed by atoms with E-state index in [1.54, 1.807) is 70.7 Å². The van der Waals surface area contributed by atoms with E-state index >= 15 is 0 Å². The number of hydrogen-bond acceptors (Lipinski definition) is 6. The van der Waals surface area contributed by atoms with Crippen molar-refractivity contribution in [3.8, 4) is 5.75 Å². The van der Waals surface area contributed by atoms with Crippen molar-refractivity contribution in [3.05, 3.63) is 63.8 Å². The quantitative estimate of drug-likeness (QED) is 0.137. The molecule has 180 valence electrons. The molecule has 0 atom stereocenters. The summed E-state index contributed by atoms with van der Waals surface area (Å²) in [5.74, 6) is -0.442. The Morgan fingerprint density at radius 2 is 1.65 bits per heavy atom. The molecule has 2 aromatic carbocycles. The Bertz CT molecular complexity index is 1240. The number of thioether (sulfide) groups is 1. The number of carbonyl (C=O) groups is 2. The first-order chi connectivity index (χ1) is 15.8. The van der Waals surface area contributed by atoms with E-state index in [9.17, 15) is 9.59 Å². The number of allylic oxidation sites excluding steroid dienone is 1. The van der Waals surface area contributed by atoms with Gasteiger partial charge in [-0.3, -0.25) is 4.79 Å². The molecule has 8 heteroatoms. The van der Waals surface area contributed by atoms with Crippen molar-refractivity contribution < 1.29 is 23.5 Å². The normalized spacial score (nSPS) is 12.4. The van der Waals surface area contributed by atoms with Gasteiger partial charge in [-0.05, 0) is 88.9 Å². The number of rotatable bonds is 7. The minimum Gasteiger partial charge on any atom is -0.473 e. The van der Waals surface area contributed by atoms with Crippen LogP contribution in [0.3, 0.4) is 0 Å². The van der Waals surface area contributed by atoms with Crippen LogP contribution in [0.15, 0.2) is 51.8 Å². The van der Waals surface area contributed by atoms with Gasteiger partial charge in [-0.25, -0.2) is 4.79 Å². The van der Waals surface area contributed by atoms with Gasteiger partial charge in [0.15, 0.2) is 17.1 Å². The highest BCUT2D eigenvalue weighted by atomic mass is 35.5. The maximum Gasteiger partial charge on any atom is 0.350 e. The van der Waals surface area contributed by atoms with Gasteiger partial charge in [0.1, 0.15) is 11.2 Å². The standard InChI is InChI=1S/C26H26Cl2O5S/c1-25(2,3)33-24(30)26(4,5)32-23-18(27)11-15(12-19(23)28)7-10-20(29)22-13-16-8-9-17(34-6)14-21(16)31-22/h7-14H,1-6H3/b10-7+. The molecule has 3 rings (SSSR count). The Kier molecular flexibility index (Phi) is 7.75. The van der Waals surface area contributed by atoms with Gasteiger partial charge >= 0.3 is 5.97 Å². The molecule has 0 aliphatic rings. The number of furan rings is 1. The van der Waals surface area contributed by atoms with E-state index in [1.807, 2.05) is 24.5 Å². The summed E-state index contributed by atoms with van der Waals surface area (Å²) >= 11 is 14.4. The predicted octanol–water partition coefficient (Wildman–Crippen LogP) is 7.86. The fourth-order valence-electron chi connectivity index (χ4n) is 2.98. The summed E-state index contributed by atoms with van der Waals surface area (Å²) < 4.78 is 16.9. The number of fused-ring (bicyclic) bond motifs is 1. The summed E-state index contributed by atoms with van der Waals surface area (Å²) in [5, 5.41) is 1.25. The average Bonchev–Trinajstić information content (AvgIpc) is 3.16. The lowest BCUT2D eigenvalue weighted by Gasteiger charge is -2.29. The molecule has 0 radical (unpaired) electrons. The van der Waals surface area contributed by atoms with Gasteiger partial charge in [0.2, 0.25) is 5.78 Å². The van der Waals surface area contributed by atoms with E-state index < -0.39 is 17.2 Å². The molecule has 0 saturated carbocycles. The van der Waals surface area contributed by atoms with E-state index in [0.29, 0.717) is 11.1 Å². The van der Waals surface area contributed by atoms with Gasteiger partial charge in [-0.1, -0.05) is 29.3 Å². The smallest absolute Gasteiger partial charge is 0.350 e. The summed E-state index contributed by atoms with van der Waals surface area (Å²) in [6.45, 7) is 8.48. The molecule has 0 bridgehead atoms. The topological polar surface area (TPSA) is 65.7 Å². The second-order valence-corrected chi connectivity index (χ2v) is 10.8. The fraction of sp³-hybridized carbons (Fsp3) is 0.308. The summed E-state index contributed by atoms with van der Waals surface area (Å²) in [5.41, 5.74) is -0.732. The van der Waals surface area contributed by atoms with Gasteiger partial charge < -0.3 is 13.9 Å². The van der Waals surface area contributed by atoms with Crippen LogP contribution in [0.4, 0.5) is 0 Å². The molecule has 3 aromatic rings. The molecule has 0 aliphatic carbocycles. The van der Waals surface area contributed by atoms with Gasteiger partial charge in [-0.15, -0.1) is 11.8 Å². The number of esters is 1. The molecule has 34 heavy (non-hydrogen) atoms. The first-order valence-electron chi connectivity index (χ1n) is 10.5. The van der Waals surface area contributed by atoms with E-state index in [0.717, 1.165) is 10.3 Å². The largest absolute Gasteiger partial charge is 0.473 e. The molecule has 0 unspecified atom stereocenters. The van der Waals surface area contributed by atoms with E-state index in [-0.39, 0.29) is 27.3 Å². The summed E-state index contributed by atoms with van der Waals surface area (Å²) in [6, 6.07) is 10.7. The first-order valence-corrected chi connectivity index (χ1v) is 12.5. The number of hydrogen-bond donors (Lipinski definition) is 0. The van der Waals surface area contributed by atoms with Gasteiger partial charge in [0, 0.05) is 10.3 Å². The van der Waals surface area contributed by atoms with E-state index in [2.05, 4.69) is 0 Å². The SMILES string of the molecule is CSc1ccc2cc(C(=O)/C=C/c3cc(Cl)c(OC(C)(C)C(=O)OC(C)(C)C)c(Cl)c3)oc2c1. The highest BCUT2D eigenvalue weighted by Gasteiger charge is 2.36. The van der Waals surface area contributed by atoms with Crippen LogP contribution in [0.25, 0.3) is 17.0 Å². The van der Waals surface area contributed by atoms with Crippen LogP contribution < -0.4 is 4.74 Å². The number of halogens is 2. The Balaban J connectivity index is 1.78. The maximum atomic E-state index is 12.6. The van der Waals surface area contributed by atoms with Crippen LogP contribution >= 0.6 is 35.0 Å². The Labute approximate surface area is 213 Å². The van der Waals surface area contributed by atoms with Crippen LogP contribution in [0.2, 0.25) is 10.0 Å². The molecule has 0 aliphatic heterocycles. The minimum absolute atomic E-state index is 0.157. The second kappa shape index (κ2) is 10.1.